The smallest absolute Gasteiger partial charge is 0.164 e. The summed E-state index contributed by atoms with van der Waals surface area (Å²) in [6.07, 6.45) is 3.97. The topological polar surface area (TPSA) is 69.2 Å². The van der Waals surface area contributed by atoms with Crippen molar-refractivity contribution in [1.29, 1.82) is 0 Å². The van der Waals surface area contributed by atoms with Crippen molar-refractivity contribution in [3.8, 4) is 17.2 Å². The average molecular weight is 398 g/mol. The van der Waals surface area contributed by atoms with E-state index >= 15 is 0 Å². The molecule has 1 aliphatic carbocycles. The fourth-order valence-electron chi connectivity index (χ4n) is 3.39. The van der Waals surface area contributed by atoms with Gasteiger partial charge in [-0.1, -0.05) is 6.07 Å². The number of benzene rings is 2. The molecule has 150 valence electrons. The summed E-state index contributed by atoms with van der Waals surface area (Å²) in [6.45, 7) is 2.05. The highest BCUT2D eigenvalue weighted by molar-refractivity contribution is 5.89. The van der Waals surface area contributed by atoms with E-state index in [1.54, 1.807) is 13.4 Å². The van der Waals surface area contributed by atoms with Crippen LogP contribution in [0.25, 0.3) is 11.0 Å². The summed E-state index contributed by atoms with van der Waals surface area (Å²) in [7, 11) is 1.65. The highest BCUT2D eigenvalue weighted by Gasteiger charge is 2.25. The number of rotatable bonds is 6. The fourth-order valence-corrected chi connectivity index (χ4v) is 3.39. The van der Waals surface area contributed by atoms with Crippen molar-refractivity contribution < 1.29 is 9.47 Å². The molecule has 6 heteroatoms. The lowest BCUT2D eigenvalue weighted by molar-refractivity contribution is 0.413. The number of nitrogens with zero attached hydrogens (tertiary/aromatic N) is 3. The second-order valence-corrected chi connectivity index (χ2v) is 7.51. The number of pyridine rings is 1. The molecule has 0 amide bonds. The van der Waals surface area contributed by atoms with Crippen LogP contribution in [0.4, 0.5) is 11.5 Å². The average Bonchev–Trinajstić information content (AvgIpc) is 3.61. The van der Waals surface area contributed by atoms with E-state index < -0.39 is 0 Å². The van der Waals surface area contributed by atoms with Gasteiger partial charge in [0.15, 0.2) is 11.4 Å². The fraction of sp³-hybridized carbons (Fsp3) is 0.208. The van der Waals surface area contributed by atoms with E-state index in [1.165, 1.54) is 12.8 Å². The van der Waals surface area contributed by atoms with Gasteiger partial charge in [-0.15, -0.1) is 0 Å². The highest BCUT2D eigenvalue weighted by atomic mass is 16.5. The molecule has 0 atom stereocenters. The van der Waals surface area contributed by atoms with Crippen molar-refractivity contribution in [3.05, 3.63) is 72.2 Å². The van der Waals surface area contributed by atoms with Gasteiger partial charge in [-0.2, -0.15) is 0 Å². The van der Waals surface area contributed by atoms with Crippen LogP contribution in [0, 0.1) is 6.92 Å². The van der Waals surface area contributed by atoms with Crippen LogP contribution in [0.5, 0.6) is 17.2 Å². The number of fused-ring (bicyclic) bond motifs is 1. The van der Waals surface area contributed by atoms with Gasteiger partial charge in [0.2, 0.25) is 0 Å². The Labute approximate surface area is 174 Å². The lowest BCUT2D eigenvalue weighted by Crippen LogP contribution is -2.00. The number of ether oxygens (including phenoxy) is 2. The summed E-state index contributed by atoms with van der Waals surface area (Å²) < 4.78 is 11.3. The van der Waals surface area contributed by atoms with E-state index in [4.69, 9.17) is 14.5 Å². The summed E-state index contributed by atoms with van der Waals surface area (Å²) in [5.41, 5.74) is 3.78. The molecule has 1 saturated carbocycles. The largest absolute Gasteiger partial charge is 0.497 e. The number of nitrogens with one attached hydrogen (secondary N) is 1. The third kappa shape index (κ3) is 3.76. The van der Waals surface area contributed by atoms with Crippen molar-refractivity contribution in [2.45, 2.75) is 25.7 Å². The Bertz CT molecular complexity index is 1200. The van der Waals surface area contributed by atoms with Crippen LogP contribution < -0.4 is 14.8 Å². The van der Waals surface area contributed by atoms with Crippen LogP contribution in [0.15, 0.2) is 60.9 Å². The van der Waals surface area contributed by atoms with Crippen molar-refractivity contribution in [2.24, 2.45) is 0 Å². The molecule has 1 aliphatic rings. The lowest BCUT2D eigenvalue weighted by Gasteiger charge is -2.15. The first-order chi connectivity index (χ1) is 14.7. The maximum atomic E-state index is 6.13. The molecule has 0 aliphatic heterocycles. The predicted molar refractivity (Wildman–Crippen MR) is 117 cm³/mol. The molecule has 2 aromatic heterocycles. The van der Waals surface area contributed by atoms with E-state index in [1.807, 2.05) is 49.4 Å². The van der Waals surface area contributed by atoms with E-state index in [2.05, 4.69) is 27.4 Å². The molecule has 0 saturated heterocycles. The van der Waals surface area contributed by atoms with Gasteiger partial charge in [-0.3, -0.25) is 0 Å². The van der Waals surface area contributed by atoms with Gasteiger partial charge in [0.05, 0.1) is 18.2 Å². The molecule has 0 bridgehead atoms. The summed E-state index contributed by atoms with van der Waals surface area (Å²) in [6, 6.07) is 17.7. The van der Waals surface area contributed by atoms with Crippen LogP contribution >= 0.6 is 0 Å². The second kappa shape index (κ2) is 7.63. The monoisotopic (exact) mass is 398 g/mol. The minimum absolute atomic E-state index is 0.585. The van der Waals surface area contributed by atoms with E-state index in [-0.39, 0.29) is 0 Å². The first-order valence-electron chi connectivity index (χ1n) is 10.0. The first kappa shape index (κ1) is 18.4. The van der Waals surface area contributed by atoms with E-state index in [0.717, 1.165) is 33.8 Å². The van der Waals surface area contributed by atoms with Crippen LogP contribution in [0.3, 0.4) is 0 Å². The number of methoxy groups -OCH3 is 1. The van der Waals surface area contributed by atoms with Crippen LogP contribution in [0.2, 0.25) is 0 Å². The molecule has 4 aromatic rings. The Morgan fingerprint density at radius 3 is 2.50 bits per heavy atom. The molecular weight excluding hydrogens is 376 g/mol. The molecule has 0 radical (unpaired) electrons. The summed E-state index contributed by atoms with van der Waals surface area (Å²) in [5.74, 6) is 3.52. The summed E-state index contributed by atoms with van der Waals surface area (Å²) >= 11 is 0. The Morgan fingerprint density at radius 2 is 1.73 bits per heavy atom. The predicted octanol–water partition coefficient (Wildman–Crippen LogP) is 5.76. The van der Waals surface area contributed by atoms with Gasteiger partial charge in [0.1, 0.15) is 23.6 Å². The van der Waals surface area contributed by atoms with Gasteiger partial charge in [-0.05, 0) is 73.9 Å². The molecule has 1 N–H and O–H groups in total. The van der Waals surface area contributed by atoms with Gasteiger partial charge < -0.3 is 14.8 Å². The number of aryl methyl sites for hydroxylation is 1. The Hall–Kier alpha value is -3.67. The number of hydrogen-bond donors (Lipinski definition) is 1. The molecule has 30 heavy (non-hydrogen) atoms. The number of hydrogen-bond acceptors (Lipinski definition) is 6. The summed E-state index contributed by atoms with van der Waals surface area (Å²) in [4.78, 5) is 13.6. The molecular formula is C24H22N4O2. The zero-order valence-electron chi connectivity index (χ0n) is 16.9. The lowest BCUT2D eigenvalue weighted by atomic mass is 10.2. The number of aromatic nitrogens is 3. The minimum Gasteiger partial charge on any atom is -0.497 e. The summed E-state index contributed by atoms with van der Waals surface area (Å²) in [5, 5.41) is 4.31. The van der Waals surface area contributed by atoms with Gasteiger partial charge in [0, 0.05) is 11.6 Å². The Kier molecular flexibility index (Phi) is 4.67. The second-order valence-electron chi connectivity index (χ2n) is 7.51. The highest BCUT2D eigenvalue weighted by Crippen LogP contribution is 2.40. The quantitative estimate of drug-likeness (QED) is 0.446. The standard InChI is InChI=1S/C24H22N4O2/c1-15-3-12-22(30-18-8-6-17(29-2)7-9-18)21(13-15)28-24-19-10-11-20(16-4-5-16)27-23(19)25-14-26-24/h3,6-14,16H,4-5H2,1-2H3,(H,25,26,27,28). The minimum atomic E-state index is 0.585. The maximum absolute atomic E-state index is 6.13. The van der Waals surface area contributed by atoms with E-state index in [0.29, 0.717) is 23.1 Å². The normalized spacial score (nSPS) is 13.3. The third-order valence-electron chi connectivity index (χ3n) is 5.19. The molecule has 0 unspecified atom stereocenters. The van der Waals surface area contributed by atoms with Gasteiger partial charge in [0.25, 0.3) is 0 Å². The van der Waals surface area contributed by atoms with Gasteiger partial charge >= 0.3 is 0 Å². The number of anilines is 2. The van der Waals surface area contributed by atoms with Crippen LogP contribution in [-0.4, -0.2) is 22.1 Å². The Balaban J connectivity index is 1.47. The van der Waals surface area contributed by atoms with E-state index in [9.17, 15) is 0 Å². The molecule has 0 spiro atoms. The molecule has 5 rings (SSSR count). The molecule has 6 nitrogen and oxygen atoms in total. The van der Waals surface area contributed by atoms with Crippen molar-refractivity contribution in [1.82, 2.24) is 15.0 Å². The van der Waals surface area contributed by atoms with Crippen LogP contribution in [-0.2, 0) is 0 Å². The zero-order valence-corrected chi connectivity index (χ0v) is 16.9. The van der Waals surface area contributed by atoms with Crippen molar-refractivity contribution >= 4 is 22.5 Å². The first-order valence-corrected chi connectivity index (χ1v) is 10.0. The maximum Gasteiger partial charge on any atom is 0.164 e. The van der Waals surface area contributed by atoms with Crippen LogP contribution in [0.1, 0.15) is 30.0 Å². The van der Waals surface area contributed by atoms with Gasteiger partial charge in [-0.25, -0.2) is 15.0 Å². The SMILES string of the molecule is COc1ccc(Oc2ccc(C)cc2Nc2ncnc3nc(C4CC4)ccc23)cc1. The molecule has 1 fully saturated rings. The zero-order chi connectivity index (χ0) is 20.5. The van der Waals surface area contributed by atoms with Crippen molar-refractivity contribution in [3.63, 3.8) is 0 Å². The third-order valence-corrected chi connectivity index (χ3v) is 5.19. The molecule has 2 heterocycles. The Morgan fingerprint density at radius 1 is 0.933 bits per heavy atom. The van der Waals surface area contributed by atoms with Crippen molar-refractivity contribution in [2.75, 3.05) is 12.4 Å². The molecule has 2 aromatic carbocycles.